The van der Waals surface area contributed by atoms with Crippen molar-refractivity contribution in [1.82, 2.24) is 14.9 Å². The van der Waals surface area contributed by atoms with Gasteiger partial charge in [0.15, 0.2) is 0 Å². The molecule has 0 saturated carbocycles. The molecular formula is C22H24N4OS. The van der Waals surface area contributed by atoms with Crippen molar-refractivity contribution < 1.29 is 4.74 Å². The summed E-state index contributed by atoms with van der Waals surface area (Å²) in [7, 11) is 1.72. The van der Waals surface area contributed by atoms with Crippen molar-refractivity contribution >= 4 is 17.7 Å². The molecule has 1 saturated heterocycles. The highest BCUT2D eigenvalue weighted by atomic mass is 32.2. The molecule has 0 bridgehead atoms. The summed E-state index contributed by atoms with van der Waals surface area (Å²) in [5, 5.41) is 0. The Balaban J connectivity index is 1.42. The Bertz CT molecular complexity index is 898. The number of hydrogen-bond acceptors (Lipinski definition) is 6. The Kier molecular flexibility index (Phi) is 6.09. The maximum absolute atomic E-state index is 5.51. The van der Waals surface area contributed by atoms with E-state index < -0.39 is 0 Å². The smallest absolute Gasteiger partial charge is 0.225 e. The number of anilines is 1. The second kappa shape index (κ2) is 9.08. The van der Waals surface area contributed by atoms with E-state index in [-0.39, 0.29) is 0 Å². The average Bonchev–Trinajstić information content (AvgIpc) is 2.77. The summed E-state index contributed by atoms with van der Waals surface area (Å²) >= 11 is 1.77. The quantitative estimate of drug-likeness (QED) is 0.633. The molecule has 1 aromatic heterocycles. The van der Waals surface area contributed by atoms with Gasteiger partial charge in [-0.3, -0.25) is 4.90 Å². The number of para-hydroxylation sites is 1. The molecule has 0 amide bonds. The molecule has 2 aromatic carbocycles. The lowest BCUT2D eigenvalue weighted by Crippen LogP contribution is -2.46. The van der Waals surface area contributed by atoms with Crippen LogP contribution in [0.1, 0.15) is 5.56 Å². The van der Waals surface area contributed by atoms with Crippen molar-refractivity contribution in [3.8, 4) is 5.75 Å². The first kappa shape index (κ1) is 18.8. The molecule has 0 N–H and O–H groups in total. The van der Waals surface area contributed by atoms with Gasteiger partial charge in [-0.05, 0) is 29.8 Å². The Morgan fingerprint density at radius 3 is 2.29 bits per heavy atom. The van der Waals surface area contributed by atoms with Gasteiger partial charge in [-0.1, -0.05) is 42.1 Å². The predicted octanol–water partition coefficient (Wildman–Crippen LogP) is 3.96. The highest BCUT2D eigenvalue weighted by molar-refractivity contribution is 7.99. The molecule has 4 rings (SSSR count). The van der Waals surface area contributed by atoms with E-state index in [1.807, 2.05) is 18.2 Å². The lowest BCUT2D eigenvalue weighted by atomic mass is 10.2. The minimum atomic E-state index is 0.828. The molecular weight excluding hydrogens is 368 g/mol. The zero-order valence-corrected chi connectivity index (χ0v) is 16.8. The number of ether oxygens (including phenoxy) is 1. The first-order valence-corrected chi connectivity index (χ1v) is 10.3. The monoisotopic (exact) mass is 392 g/mol. The third kappa shape index (κ3) is 4.46. The number of benzene rings is 2. The summed E-state index contributed by atoms with van der Waals surface area (Å²) in [5.74, 6) is 1.74. The first-order chi connectivity index (χ1) is 13.8. The SMILES string of the molecule is COc1ccccc1Sc1ccccc1CN1CCN(c2ncccn2)CC1. The van der Waals surface area contributed by atoms with Crippen LogP contribution in [-0.4, -0.2) is 48.2 Å². The van der Waals surface area contributed by atoms with Gasteiger partial charge in [0.05, 0.1) is 12.0 Å². The number of hydrogen-bond donors (Lipinski definition) is 0. The minimum Gasteiger partial charge on any atom is -0.496 e. The van der Waals surface area contributed by atoms with Gasteiger partial charge in [0.1, 0.15) is 5.75 Å². The number of piperazine rings is 1. The fraction of sp³-hybridized carbons (Fsp3) is 0.273. The second-order valence-electron chi connectivity index (χ2n) is 6.67. The Morgan fingerprint density at radius 2 is 1.54 bits per heavy atom. The summed E-state index contributed by atoms with van der Waals surface area (Å²) in [6.07, 6.45) is 3.61. The van der Waals surface area contributed by atoms with Gasteiger partial charge >= 0.3 is 0 Å². The number of aromatic nitrogens is 2. The van der Waals surface area contributed by atoms with Crippen LogP contribution in [0.25, 0.3) is 0 Å². The van der Waals surface area contributed by atoms with Crippen molar-refractivity contribution in [1.29, 1.82) is 0 Å². The molecule has 1 fully saturated rings. The van der Waals surface area contributed by atoms with E-state index in [1.165, 1.54) is 10.5 Å². The highest BCUT2D eigenvalue weighted by Crippen LogP contribution is 2.36. The number of rotatable bonds is 6. The van der Waals surface area contributed by atoms with E-state index in [9.17, 15) is 0 Å². The Morgan fingerprint density at radius 1 is 0.857 bits per heavy atom. The third-order valence-corrected chi connectivity index (χ3v) is 6.04. The second-order valence-corrected chi connectivity index (χ2v) is 7.76. The molecule has 1 aliphatic rings. The first-order valence-electron chi connectivity index (χ1n) is 9.46. The standard InChI is InChI=1S/C22H24N4OS/c1-27-19-8-3-5-10-21(19)28-20-9-4-2-7-18(20)17-25-13-15-26(16-14-25)22-23-11-6-12-24-22/h2-12H,13-17H2,1H3. The summed E-state index contributed by atoms with van der Waals surface area (Å²) in [5.41, 5.74) is 1.35. The third-order valence-electron chi connectivity index (χ3n) is 4.86. The molecule has 28 heavy (non-hydrogen) atoms. The van der Waals surface area contributed by atoms with Crippen molar-refractivity contribution in [3.05, 3.63) is 72.6 Å². The van der Waals surface area contributed by atoms with E-state index in [2.05, 4.69) is 56.2 Å². The normalized spacial score (nSPS) is 14.8. The van der Waals surface area contributed by atoms with Crippen LogP contribution in [-0.2, 0) is 6.54 Å². The highest BCUT2D eigenvalue weighted by Gasteiger charge is 2.19. The fourth-order valence-corrected chi connectivity index (χ4v) is 4.40. The molecule has 0 atom stereocenters. The van der Waals surface area contributed by atoms with Gasteiger partial charge in [-0.15, -0.1) is 0 Å². The van der Waals surface area contributed by atoms with Crippen molar-refractivity contribution in [2.24, 2.45) is 0 Å². The molecule has 3 aromatic rings. The van der Waals surface area contributed by atoms with Crippen LogP contribution in [0.2, 0.25) is 0 Å². The number of methoxy groups -OCH3 is 1. The van der Waals surface area contributed by atoms with E-state index in [0.29, 0.717) is 0 Å². The van der Waals surface area contributed by atoms with Gasteiger partial charge in [0.2, 0.25) is 5.95 Å². The van der Waals surface area contributed by atoms with Gasteiger partial charge < -0.3 is 9.64 Å². The Hall–Kier alpha value is -2.57. The predicted molar refractivity (Wildman–Crippen MR) is 113 cm³/mol. The van der Waals surface area contributed by atoms with Crippen LogP contribution in [0, 0.1) is 0 Å². The van der Waals surface area contributed by atoms with E-state index in [1.54, 1.807) is 31.3 Å². The maximum atomic E-state index is 5.51. The summed E-state index contributed by atoms with van der Waals surface area (Å²) < 4.78 is 5.51. The van der Waals surface area contributed by atoms with Crippen LogP contribution >= 0.6 is 11.8 Å². The van der Waals surface area contributed by atoms with Crippen LogP contribution in [0.3, 0.4) is 0 Å². The van der Waals surface area contributed by atoms with Crippen LogP contribution < -0.4 is 9.64 Å². The zero-order valence-electron chi connectivity index (χ0n) is 16.0. The Labute approximate surface area is 170 Å². The van der Waals surface area contributed by atoms with Gasteiger partial charge in [-0.2, -0.15) is 0 Å². The molecule has 0 spiro atoms. The van der Waals surface area contributed by atoms with E-state index >= 15 is 0 Å². The molecule has 5 nitrogen and oxygen atoms in total. The van der Waals surface area contributed by atoms with Crippen LogP contribution in [0.5, 0.6) is 5.75 Å². The summed E-state index contributed by atoms with van der Waals surface area (Å²) in [6, 6.07) is 18.7. The van der Waals surface area contributed by atoms with Crippen LogP contribution in [0.4, 0.5) is 5.95 Å². The molecule has 0 aliphatic carbocycles. The van der Waals surface area contributed by atoms with Crippen molar-refractivity contribution in [3.63, 3.8) is 0 Å². The fourth-order valence-electron chi connectivity index (χ4n) is 3.36. The molecule has 0 radical (unpaired) electrons. The molecule has 144 valence electrons. The van der Waals surface area contributed by atoms with E-state index in [0.717, 1.165) is 49.3 Å². The summed E-state index contributed by atoms with van der Waals surface area (Å²) in [6.45, 7) is 4.86. The summed E-state index contributed by atoms with van der Waals surface area (Å²) in [4.78, 5) is 15.9. The van der Waals surface area contributed by atoms with Gasteiger partial charge in [0.25, 0.3) is 0 Å². The van der Waals surface area contributed by atoms with Crippen molar-refractivity contribution in [2.75, 3.05) is 38.2 Å². The largest absolute Gasteiger partial charge is 0.496 e. The lowest BCUT2D eigenvalue weighted by Gasteiger charge is -2.34. The zero-order chi connectivity index (χ0) is 19.2. The lowest BCUT2D eigenvalue weighted by molar-refractivity contribution is 0.247. The minimum absolute atomic E-state index is 0.828. The van der Waals surface area contributed by atoms with Gasteiger partial charge in [-0.25, -0.2) is 9.97 Å². The topological polar surface area (TPSA) is 41.5 Å². The maximum Gasteiger partial charge on any atom is 0.225 e. The van der Waals surface area contributed by atoms with Gasteiger partial charge in [0, 0.05) is 50.0 Å². The molecule has 1 aliphatic heterocycles. The molecule has 6 heteroatoms. The molecule has 0 unspecified atom stereocenters. The van der Waals surface area contributed by atoms with Crippen molar-refractivity contribution in [2.45, 2.75) is 16.3 Å². The number of nitrogens with zero attached hydrogens (tertiary/aromatic N) is 4. The van der Waals surface area contributed by atoms with E-state index in [4.69, 9.17) is 4.74 Å². The molecule has 2 heterocycles. The average molecular weight is 393 g/mol. The van der Waals surface area contributed by atoms with Crippen LogP contribution in [0.15, 0.2) is 76.8 Å².